The summed E-state index contributed by atoms with van der Waals surface area (Å²) in [5.74, 6) is -0.510. The van der Waals surface area contributed by atoms with Crippen molar-refractivity contribution in [2.24, 2.45) is 5.73 Å². The molecule has 0 saturated heterocycles. The smallest absolute Gasteiger partial charge is 0.260 e. The van der Waals surface area contributed by atoms with Gasteiger partial charge in [0.1, 0.15) is 4.88 Å². The Morgan fingerprint density at radius 1 is 1.40 bits per heavy atom. The number of hydrogen-bond acceptors (Lipinski definition) is 5. The van der Waals surface area contributed by atoms with Crippen molar-refractivity contribution in [1.29, 1.82) is 0 Å². The second-order valence-corrected chi connectivity index (χ2v) is 6.88. The van der Waals surface area contributed by atoms with Crippen molar-refractivity contribution in [1.82, 2.24) is 9.97 Å². The lowest BCUT2D eigenvalue weighted by Gasteiger charge is -2.13. The molecule has 0 aliphatic rings. The highest BCUT2D eigenvalue weighted by atomic mass is 35.5. The third kappa shape index (κ3) is 3.97. The van der Waals surface area contributed by atoms with E-state index in [4.69, 9.17) is 17.3 Å². The fraction of sp³-hybridized carbons (Fsp3) is 0.188. The van der Waals surface area contributed by atoms with Crippen molar-refractivity contribution in [3.63, 3.8) is 0 Å². The summed E-state index contributed by atoms with van der Waals surface area (Å²) in [5, 5.41) is 5.13. The van der Waals surface area contributed by atoms with Gasteiger partial charge in [0, 0.05) is 21.5 Å². The molecule has 4 N–H and O–H groups in total. The van der Waals surface area contributed by atoms with Gasteiger partial charge >= 0.3 is 0 Å². The number of thiazole rings is 1. The molecule has 1 aromatic carbocycles. The average molecular weight is 397 g/mol. The number of carbonyl (C=O) groups excluding carboxylic acids is 1. The Balaban J connectivity index is 0.00000225. The van der Waals surface area contributed by atoms with E-state index >= 15 is 0 Å². The first-order valence-corrected chi connectivity index (χ1v) is 8.41. The number of hydrogen-bond donors (Lipinski definition) is 3. The molecular weight excluding hydrogens is 380 g/mol. The van der Waals surface area contributed by atoms with Crippen LogP contribution < -0.4 is 16.6 Å². The summed E-state index contributed by atoms with van der Waals surface area (Å²) < 4.78 is 0. The topological polar surface area (TPSA) is 101 Å². The monoisotopic (exact) mass is 396 g/mol. The first-order valence-electron chi connectivity index (χ1n) is 7.21. The molecule has 1 amide bonds. The number of nitrogens with one attached hydrogen (secondary N) is 2. The molecule has 25 heavy (non-hydrogen) atoms. The summed E-state index contributed by atoms with van der Waals surface area (Å²) in [4.78, 5) is 31.2. The zero-order valence-electron chi connectivity index (χ0n) is 13.5. The molecule has 3 rings (SSSR count). The van der Waals surface area contributed by atoms with Gasteiger partial charge in [0.15, 0.2) is 5.13 Å². The SMILES string of the molecule is Cc1nc(N[C@@H](C)c2cc3cc(Cl)ccc3[nH]c2=O)sc1C(N)=O.S. The molecule has 0 saturated carbocycles. The minimum Gasteiger partial charge on any atom is -0.365 e. The highest BCUT2D eigenvalue weighted by Gasteiger charge is 2.16. The van der Waals surface area contributed by atoms with E-state index in [-0.39, 0.29) is 25.1 Å². The number of benzene rings is 1. The minimum atomic E-state index is -0.510. The zero-order valence-corrected chi connectivity index (χ0v) is 16.1. The van der Waals surface area contributed by atoms with Crippen molar-refractivity contribution in [2.75, 3.05) is 5.32 Å². The standard InChI is InChI=1S/C16H15ClN4O2S.H2S/c1-7(19-16-20-8(2)13(24-16)14(18)22)11-6-9-5-10(17)3-4-12(9)21-15(11)23;/h3-7H,1-2H3,(H2,18,22)(H,19,20)(H,21,23);1H2/t7-;/m0./s1. The molecule has 0 fully saturated rings. The molecule has 9 heteroatoms. The van der Waals surface area contributed by atoms with E-state index in [0.29, 0.717) is 26.3 Å². The fourth-order valence-electron chi connectivity index (χ4n) is 2.47. The second-order valence-electron chi connectivity index (χ2n) is 5.45. The zero-order chi connectivity index (χ0) is 17.4. The third-order valence-corrected chi connectivity index (χ3v) is 5.00. The van der Waals surface area contributed by atoms with Gasteiger partial charge < -0.3 is 16.0 Å². The fourth-order valence-corrected chi connectivity index (χ4v) is 3.55. The predicted molar refractivity (Wildman–Crippen MR) is 107 cm³/mol. The highest BCUT2D eigenvalue weighted by Crippen LogP contribution is 2.26. The number of aromatic nitrogens is 2. The number of carbonyl (C=O) groups is 1. The number of primary amides is 1. The molecule has 6 nitrogen and oxygen atoms in total. The van der Waals surface area contributed by atoms with Crippen LogP contribution in [0.5, 0.6) is 0 Å². The summed E-state index contributed by atoms with van der Waals surface area (Å²) in [5.41, 5.74) is 6.97. The summed E-state index contributed by atoms with van der Waals surface area (Å²) in [6.45, 7) is 3.57. The Morgan fingerprint density at radius 2 is 2.12 bits per heavy atom. The van der Waals surface area contributed by atoms with Gasteiger partial charge in [0.2, 0.25) is 0 Å². The molecule has 0 aliphatic carbocycles. The molecule has 132 valence electrons. The van der Waals surface area contributed by atoms with Crippen LogP contribution in [0.3, 0.4) is 0 Å². The lowest BCUT2D eigenvalue weighted by atomic mass is 10.1. The van der Waals surface area contributed by atoms with Crippen molar-refractivity contribution in [2.45, 2.75) is 19.9 Å². The van der Waals surface area contributed by atoms with Crippen molar-refractivity contribution >= 4 is 58.4 Å². The molecule has 0 unspecified atom stereocenters. The Hall–Kier alpha value is -2.03. The molecular formula is C16H17ClN4O2S2. The predicted octanol–water partition coefficient (Wildman–Crippen LogP) is 3.33. The summed E-state index contributed by atoms with van der Waals surface area (Å²) in [6, 6.07) is 6.79. The van der Waals surface area contributed by atoms with E-state index in [9.17, 15) is 9.59 Å². The largest absolute Gasteiger partial charge is 0.365 e. The number of aryl methyl sites for hydroxylation is 1. The first-order chi connectivity index (χ1) is 11.3. The van der Waals surface area contributed by atoms with E-state index in [1.165, 1.54) is 11.3 Å². The summed E-state index contributed by atoms with van der Waals surface area (Å²) in [7, 11) is 0. The number of aromatic amines is 1. The maximum absolute atomic E-state index is 12.3. The lowest BCUT2D eigenvalue weighted by molar-refractivity contribution is 0.100. The number of H-pyrrole nitrogens is 1. The highest BCUT2D eigenvalue weighted by molar-refractivity contribution is 7.59. The minimum absolute atomic E-state index is 0. The molecule has 3 aromatic rings. The number of anilines is 1. The number of rotatable bonds is 4. The van der Waals surface area contributed by atoms with E-state index in [1.807, 2.05) is 6.92 Å². The number of fused-ring (bicyclic) bond motifs is 1. The molecule has 0 radical (unpaired) electrons. The Morgan fingerprint density at radius 3 is 2.76 bits per heavy atom. The number of pyridine rings is 1. The molecule has 2 heterocycles. The Bertz CT molecular complexity index is 999. The lowest BCUT2D eigenvalue weighted by Crippen LogP contribution is -2.19. The summed E-state index contributed by atoms with van der Waals surface area (Å²) in [6.07, 6.45) is 0. The molecule has 0 bridgehead atoms. The number of nitrogens with zero attached hydrogens (tertiary/aromatic N) is 1. The van der Waals surface area contributed by atoms with E-state index in [0.717, 1.165) is 10.9 Å². The van der Waals surface area contributed by atoms with Crippen LogP contribution in [0.4, 0.5) is 5.13 Å². The molecule has 1 atom stereocenters. The Labute approximate surface area is 159 Å². The maximum atomic E-state index is 12.3. The van der Waals surface area contributed by atoms with Gasteiger partial charge in [0.05, 0.1) is 11.7 Å². The van der Waals surface area contributed by atoms with Crippen LogP contribution in [0.2, 0.25) is 5.02 Å². The third-order valence-electron chi connectivity index (χ3n) is 3.66. The van der Waals surface area contributed by atoms with Gasteiger partial charge in [-0.1, -0.05) is 22.9 Å². The van der Waals surface area contributed by atoms with Gasteiger partial charge in [-0.25, -0.2) is 4.98 Å². The van der Waals surface area contributed by atoms with Gasteiger partial charge in [-0.2, -0.15) is 13.5 Å². The number of amides is 1. The molecule has 2 aromatic heterocycles. The average Bonchev–Trinajstić information content (AvgIpc) is 2.87. The maximum Gasteiger partial charge on any atom is 0.260 e. The van der Waals surface area contributed by atoms with Gasteiger partial charge in [-0.15, -0.1) is 0 Å². The van der Waals surface area contributed by atoms with E-state index in [1.54, 1.807) is 31.2 Å². The van der Waals surface area contributed by atoms with E-state index < -0.39 is 5.91 Å². The normalized spacial score (nSPS) is 11.8. The molecule has 0 spiro atoms. The van der Waals surface area contributed by atoms with Crippen LogP contribution in [0, 0.1) is 6.92 Å². The van der Waals surface area contributed by atoms with Crippen LogP contribution >= 0.6 is 36.4 Å². The van der Waals surface area contributed by atoms with Crippen molar-refractivity contribution in [3.05, 3.63) is 55.8 Å². The van der Waals surface area contributed by atoms with Gasteiger partial charge in [-0.05, 0) is 38.1 Å². The summed E-state index contributed by atoms with van der Waals surface area (Å²) >= 11 is 7.18. The van der Waals surface area contributed by atoms with Gasteiger partial charge in [-0.3, -0.25) is 9.59 Å². The quantitative estimate of drug-likeness (QED) is 0.629. The second kappa shape index (κ2) is 7.47. The Kier molecular flexibility index (Phi) is 5.76. The van der Waals surface area contributed by atoms with Gasteiger partial charge in [0.25, 0.3) is 11.5 Å². The number of nitrogens with two attached hydrogens (primary N) is 1. The van der Waals surface area contributed by atoms with Crippen LogP contribution in [-0.2, 0) is 0 Å². The first kappa shape index (κ1) is 19.3. The number of halogens is 1. The van der Waals surface area contributed by atoms with Crippen LogP contribution in [0.15, 0.2) is 29.1 Å². The van der Waals surface area contributed by atoms with Crippen LogP contribution in [-0.4, -0.2) is 15.9 Å². The molecule has 0 aliphatic heterocycles. The van der Waals surface area contributed by atoms with Crippen LogP contribution in [0.1, 0.15) is 33.9 Å². The van der Waals surface area contributed by atoms with Crippen molar-refractivity contribution in [3.8, 4) is 0 Å². The van der Waals surface area contributed by atoms with Crippen molar-refractivity contribution < 1.29 is 4.79 Å². The van der Waals surface area contributed by atoms with Crippen LogP contribution in [0.25, 0.3) is 10.9 Å². The van der Waals surface area contributed by atoms with E-state index in [2.05, 4.69) is 15.3 Å².